The standard InChI is InChI=1S/C24H19ClN4O8/c1-35-19-10-8-15(25)12-17(19)27-22(30)23(31)28-26-13-14-7-9-20(21(11-14)36-2)37-24(32)16-5-3-4-6-18(16)29(33)34/h3-13H,1-2H3,(H,27,30)(H,28,31)/b26-13+. The molecule has 190 valence electrons. The maximum atomic E-state index is 12.5. The Hall–Kier alpha value is -4.97. The molecule has 0 atom stereocenters. The van der Waals surface area contributed by atoms with Gasteiger partial charge in [-0.05, 0) is 48.0 Å². The van der Waals surface area contributed by atoms with Gasteiger partial charge in [0, 0.05) is 11.1 Å². The number of nitro groups is 1. The highest BCUT2D eigenvalue weighted by atomic mass is 35.5. The predicted molar refractivity (Wildman–Crippen MR) is 133 cm³/mol. The van der Waals surface area contributed by atoms with Gasteiger partial charge < -0.3 is 19.5 Å². The van der Waals surface area contributed by atoms with Gasteiger partial charge in [0.1, 0.15) is 11.3 Å². The third kappa shape index (κ3) is 6.80. The van der Waals surface area contributed by atoms with Gasteiger partial charge in [0.2, 0.25) is 0 Å². The summed E-state index contributed by atoms with van der Waals surface area (Å²) in [7, 11) is 2.73. The van der Waals surface area contributed by atoms with Crippen molar-refractivity contribution in [2.75, 3.05) is 19.5 Å². The average Bonchev–Trinajstić information content (AvgIpc) is 2.89. The summed E-state index contributed by atoms with van der Waals surface area (Å²) in [5.41, 5.74) is 2.08. The van der Waals surface area contributed by atoms with Gasteiger partial charge in [0.15, 0.2) is 11.5 Å². The van der Waals surface area contributed by atoms with E-state index in [1.54, 1.807) is 6.07 Å². The summed E-state index contributed by atoms with van der Waals surface area (Å²) in [4.78, 5) is 47.2. The molecule has 0 saturated carbocycles. The average molecular weight is 527 g/mol. The molecule has 3 aromatic carbocycles. The zero-order valence-corrected chi connectivity index (χ0v) is 20.1. The molecule has 0 bridgehead atoms. The number of ether oxygens (including phenoxy) is 3. The topological polar surface area (TPSA) is 158 Å². The number of methoxy groups -OCH3 is 2. The number of carbonyl (C=O) groups excluding carboxylic acids is 3. The van der Waals surface area contributed by atoms with E-state index in [0.29, 0.717) is 16.3 Å². The molecule has 0 aromatic heterocycles. The molecule has 0 aliphatic heterocycles. The molecule has 3 rings (SSSR count). The fourth-order valence-electron chi connectivity index (χ4n) is 2.98. The van der Waals surface area contributed by atoms with Gasteiger partial charge in [-0.2, -0.15) is 5.10 Å². The zero-order chi connectivity index (χ0) is 26.9. The maximum Gasteiger partial charge on any atom is 0.350 e. The van der Waals surface area contributed by atoms with Crippen LogP contribution in [0.3, 0.4) is 0 Å². The summed E-state index contributed by atoms with van der Waals surface area (Å²) in [5.74, 6) is -2.58. The Labute approximate surface area is 214 Å². The van der Waals surface area contributed by atoms with Crippen LogP contribution in [0.2, 0.25) is 5.02 Å². The summed E-state index contributed by atoms with van der Waals surface area (Å²) in [6.45, 7) is 0. The summed E-state index contributed by atoms with van der Waals surface area (Å²) in [5, 5.41) is 17.6. The molecule has 3 aromatic rings. The van der Waals surface area contributed by atoms with E-state index in [-0.39, 0.29) is 22.7 Å². The van der Waals surface area contributed by atoms with Gasteiger partial charge in [0.05, 0.1) is 31.0 Å². The number of anilines is 1. The van der Waals surface area contributed by atoms with E-state index in [9.17, 15) is 24.5 Å². The third-order valence-electron chi connectivity index (χ3n) is 4.71. The molecule has 13 heteroatoms. The van der Waals surface area contributed by atoms with E-state index in [1.807, 2.05) is 0 Å². The smallest absolute Gasteiger partial charge is 0.350 e. The van der Waals surface area contributed by atoms with Crippen LogP contribution in [0, 0.1) is 10.1 Å². The molecule has 0 unspecified atom stereocenters. The number of benzene rings is 3. The number of nitro benzene ring substituents is 1. The van der Waals surface area contributed by atoms with E-state index in [4.69, 9.17) is 25.8 Å². The van der Waals surface area contributed by atoms with Gasteiger partial charge >= 0.3 is 17.8 Å². The lowest BCUT2D eigenvalue weighted by molar-refractivity contribution is -0.385. The Balaban J connectivity index is 1.66. The Bertz CT molecular complexity index is 1390. The highest BCUT2D eigenvalue weighted by molar-refractivity contribution is 6.40. The number of rotatable bonds is 8. The second-order valence-corrected chi connectivity index (χ2v) is 7.51. The van der Waals surface area contributed by atoms with Crippen LogP contribution in [0.25, 0.3) is 0 Å². The van der Waals surface area contributed by atoms with Crippen molar-refractivity contribution in [2.24, 2.45) is 5.10 Å². The van der Waals surface area contributed by atoms with E-state index in [0.717, 1.165) is 0 Å². The largest absolute Gasteiger partial charge is 0.495 e. The lowest BCUT2D eigenvalue weighted by Crippen LogP contribution is -2.32. The monoisotopic (exact) mass is 526 g/mol. The molecule has 2 N–H and O–H groups in total. The number of para-hydroxylation sites is 1. The SMILES string of the molecule is COc1ccc(Cl)cc1NC(=O)C(=O)N/N=C/c1ccc(OC(=O)c2ccccc2[N+](=O)[O-])c(OC)c1. The molecule has 0 heterocycles. The van der Waals surface area contributed by atoms with E-state index < -0.39 is 28.4 Å². The Morgan fingerprint density at radius 2 is 1.65 bits per heavy atom. The molecule has 12 nitrogen and oxygen atoms in total. The van der Waals surface area contributed by atoms with Gasteiger partial charge in [-0.15, -0.1) is 0 Å². The number of hydrazone groups is 1. The summed E-state index contributed by atoms with van der Waals surface area (Å²) in [6.07, 6.45) is 1.22. The van der Waals surface area contributed by atoms with Gasteiger partial charge in [0.25, 0.3) is 5.69 Å². The fraction of sp³-hybridized carbons (Fsp3) is 0.0833. The van der Waals surface area contributed by atoms with Crippen LogP contribution < -0.4 is 25.0 Å². The van der Waals surface area contributed by atoms with Crippen molar-refractivity contribution < 1.29 is 33.5 Å². The minimum atomic E-state index is -1.06. The van der Waals surface area contributed by atoms with Crippen LogP contribution >= 0.6 is 11.6 Å². The number of amides is 2. The number of hydrogen-bond acceptors (Lipinski definition) is 9. The van der Waals surface area contributed by atoms with Crippen LogP contribution in [0.15, 0.2) is 65.8 Å². The molecule has 2 amide bonds. The molecular formula is C24H19ClN4O8. The minimum Gasteiger partial charge on any atom is -0.495 e. The predicted octanol–water partition coefficient (Wildman–Crippen LogP) is 3.57. The van der Waals surface area contributed by atoms with Crippen molar-refractivity contribution in [1.29, 1.82) is 0 Å². The van der Waals surface area contributed by atoms with E-state index >= 15 is 0 Å². The Morgan fingerprint density at radius 3 is 2.35 bits per heavy atom. The molecule has 0 aliphatic rings. The first-order chi connectivity index (χ1) is 17.7. The normalized spacial score (nSPS) is 10.5. The van der Waals surface area contributed by atoms with Crippen molar-refractivity contribution in [2.45, 2.75) is 0 Å². The Morgan fingerprint density at radius 1 is 0.946 bits per heavy atom. The first-order valence-corrected chi connectivity index (χ1v) is 10.7. The fourth-order valence-corrected chi connectivity index (χ4v) is 3.15. The van der Waals surface area contributed by atoms with Crippen molar-refractivity contribution in [3.8, 4) is 17.2 Å². The quantitative estimate of drug-likeness (QED) is 0.112. The van der Waals surface area contributed by atoms with E-state index in [1.165, 1.54) is 75.0 Å². The second kappa shape index (κ2) is 12.1. The lowest BCUT2D eigenvalue weighted by Gasteiger charge is -2.10. The minimum absolute atomic E-state index is 0.00156. The van der Waals surface area contributed by atoms with Gasteiger partial charge in [-0.25, -0.2) is 10.2 Å². The van der Waals surface area contributed by atoms with Gasteiger partial charge in [-0.1, -0.05) is 23.7 Å². The summed E-state index contributed by atoms with van der Waals surface area (Å²) in [6, 6.07) is 14.2. The summed E-state index contributed by atoms with van der Waals surface area (Å²) >= 11 is 5.91. The number of esters is 1. The van der Waals surface area contributed by atoms with Gasteiger partial charge in [-0.3, -0.25) is 19.7 Å². The highest BCUT2D eigenvalue weighted by Crippen LogP contribution is 2.30. The number of nitrogens with one attached hydrogen (secondary N) is 2. The molecule has 0 radical (unpaired) electrons. The maximum absolute atomic E-state index is 12.5. The number of hydrogen-bond donors (Lipinski definition) is 2. The number of carbonyl (C=O) groups is 3. The Kier molecular flexibility index (Phi) is 8.73. The van der Waals surface area contributed by atoms with Crippen LogP contribution in [-0.2, 0) is 9.59 Å². The highest BCUT2D eigenvalue weighted by Gasteiger charge is 2.22. The van der Waals surface area contributed by atoms with Crippen molar-refractivity contribution >= 4 is 47.0 Å². The molecule has 0 aliphatic carbocycles. The second-order valence-electron chi connectivity index (χ2n) is 7.07. The van der Waals surface area contributed by atoms with Crippen LogP contribution in [0.4, 0.5) is 11.4 Å². The third-order valence-corrected chi connectivity index (χ3v) is 4.94. The first-order valence-electron chi connectivity index (χ1n) is 10.3. The van der Waals surface area contributed by atoms with Crippen molar-refractivity contribution in [3.63, 3.8) is 0 Å². The molecular weight excluding hydrogens is 508 g/mol. The van der Waals surface area contributed by atoms with Crippen LogP contribution in [0.1, 0.15) is 15.9 Å². The number of nitrogens with zero attached hydrogens (tertiary/aromatic N) is 2. The van der Waals surface area contributed by atoms with E-state index in [2.05, 4.69) is 15.8 Å². The molecule has 0 spiro atoms. The van der Waals surface area contributed by atoms with Crippen LogP contribution in [-0.4, -0.2) is 43.1 Å². The molecule has 37 heavy (non-hydrogen) atoms. The summed E-state index contributed by atoms with van der Waals surface area (Å²) < 4.78 is 15.6. The first kappa shape index (κ1) is 26.6. The van der Waals surface area contributed by atoms with Crippen LogP contribution in [0.5, 0.6) is 17.2 Å². The molecule has 0 fully saturated rings. The zero-order valence-electron chi connectivity index (χ0n) is 19.4. The number of halogens is 1. The molecule has 0 saturated heterocycles. The van der Waals surface area contributed by atoms with Crippen molar-refractivity contribution in [1.82, 2.24) is 5.43 Å². The lowest BCUT2D eigenvalue weighted by atomic mass is 10.2. The van der Waals surface area contributed by atoms with Crippen molar-refractivity contribution in [3.05, 3.63) is 86.9 Å².